The lowest BCUT2D eigenvalue weighted by Gasteiger charge is -2.23. The van der Waals surface area contributed by atoms with E-state index in [0.717, 1.165) is 11.0 Å². The van der Waals surface area contributed by atoms with Crippen LogP contribution in [-0.4, -0.2) is 28.6 Å². The first-order valence-electron chi connectivity index (χ1n) is 6.00. The zero-order valence-electron chi connectivity index (χ0n) is 10.4. The quantitative estimate of drug-likeness (QED) is 0.475. The van der Waals surface area contributed by atoms with Crippen LogP contribution >= 0.6 is 0 Å². The van der Waals surface area contributed by atoms with Gasteiger partial charge in [-0.2, -0.15) is 17.6 Å². The number of hydrogen-bond donors (Lipinski definition) is 0. The van der Waals surface area contributed by atoms with Gasteiger partial charge in [0.2, 0.25) is 5.82 Å². The minimum Gasteiger partial charge on any atom is -0.288 e. The van der Waals surface area contributed by atoms with Crippen molar-refractivity contribution in [2.24, 2.45) is 0 Å². The van der Waals surface area contributed by atoms with Crippen molar-refractivity contribution in [2.45, 2.75) is 31.6 Å². The Labute approximate surface area is 112 Å². The van der Waals surface area contributed by atoms with Gasteiger partial charge in [0.05, 0.1) is 11.5 Å². The molecule has 1 fully saturated rings. The van der Waals surface area contributed by atoms with Crippen molar-refractivity contribution in [3.05, 3.63) is 39.7 Å². The summed E-state index contributed by atoms with van der Waals surface area (Å²) < 4.78 is 51.2. The second-order valence-corrected chi connectivity index (χ2v) is 4.76. The van der Waals surface area contributed by atoms with Crippen molar-refractivity contribution in [2.75, 3.05) is 6.54 Å². The van der Waals surface area contributed by atoms with Crippen LogP contribution in [0.4, 0.5) is 23.2 Å². The number of alkyl halides is 3. The Kier molecular flexibility index (Phi) is 3.94. The molecule has 1 saturated carbocycles. The third-order valence-electron chi connectivity index (χ3n) is 3.07. The topological polar surface area (TPSA) is 46.4 Å². The maximum atomic E-state index is 13.9. The Morgan fingerprint density at radius 2 is 2.00 bits per heavy atom. The summed E-state index contributed by atoms with van der Waals surface area (Å²) in [5.74, 6) is -1.06. The summed E-state index contributed by atoms with van der Waals surface area (Å²) in [4.78, 5) is 10.8. The summed E-state index contributed by atoms with van der Waals surface area (Å²) in [6.45, 7) is -1.42. The molecule has 0 radical (unpaired) electrons. The van der Waals surface area contributed by atoms with Crippen molar-refractivity contribution in [3.8, 4) is 0 Å². The molecule has 0 amide bonds. The first-order chi connectivity index (χ1) is 9.28. The number of rotatable bonds is 5. The van der Waals surface area contributed by atoms with Crippen molar-refractivity contribution in [1.82, 2.24) is 4.90 Å². The van der Waals surface area contributed by atoms with E-state index >= 15 is 0 Å². The summed E-state index contributed by atoms with van der Waals surface area (Å²) in [5.41, 5.74) is -0.805. The molecule has 1 aliphatic rings. The molecule has 0 spiro atoms. The maximum Gasteiger partial charge on any atom is 0.401 e. The smallest absolute Gasteiger partial charge is 0.288 e. The molecule has 0 unspecified atom stereocenters. The van der Waals surface area contributed by atoms with Gasteiger partial charge >= 0.3 is 11.9 Å². The molecule has 1 aliphatic carbocycles. The van der Waals surface area contributed by atoms with Crippen molar-refractivity contribution >= 4 is 5.69 Å². The fourth-order valence-electron chi connectivity index (χ4n) is 2.03. The van der Waals surface area contributed by atoms with Gasteiger partial charge in [0.25, 0.3) is 0 Å². The Bertz CT molecular complexity index is 515. The van der Waals surface area contributed by atoms with Gasteiger partial charge < -0.3 is 0 Å². The fraction of sp³-hybridized carbons (Fsp3) is 0.500. The van der Waals surface area contributed by atoms with Gasteiger partial charge in [0.15, 0.2) is 0 Å². The first-order valence-corrected chi connectivity index (χ1v) is 6.00. The Hall–Kier alpha value is -1.70. The van der Waals surface area contributed by atoms with Gasteiger partial charge in [-0.3, -0.25) is 15.0 Å². The summed E-state index contributed by atoms with van der Waals surface area (Å²) in [5, 5.41) is 10.6. The molecule has 0 heterocycles. The number of nitro benzene ring substituents is 1. The van der Waals surface area contributed by atoms with Gasteiger partial charge in [-0.05, 0) is 12.8 Å². The number of nitro groups is 1. The van der Waals surface area contributed by atoms with Crippen LogP contribution in [0.25, 0.3) is 0 Å². The molecule has 0 N–H and O–H groups in total. The Morgan fingerprint density at radius 1 is 1.35 bits per heavy atom. The molecule has 1 aromatic rings. The average molecular weight is 292 g/mol. The normalized spacial score (nSPS) is 15.7. The Morgan fingerprint density at radius 3 is 2.50 bits per heavy atom. The van der Waals surface area contributed by atoms with Gasteiger partial charge in [-0.1, -0.05) is 12.1 Å². The van der Waals surface area contributed by atoms with Crippen LogP contribution in [0.2, 0.25) is 0 Å². The molecular weight excluding hydrogens is 280 g/mol. The lowest BCUT2D eigenvalue weighted by Crippen LogP contribution is -2.35. The molecule has 110 valence electrons. The van der Waals surface area contributed by atoms with Gasteiger partial charge in [-0.25, -0.2) is 0 Å². The van der Waals surface area contributed by atoms with Crippen LogP contribution in [0.1, 0.15) is 18.4 Å². The highest BCUT2D eigenvalue weighted by Gasteiger charge is 2.38. The van der Waals surface area contributed by atoms with E-state index in [1.54, 1.807) is 0 Å². The third kappa shape index (κ3) is 3.66. The van der Waals surface area contributed by atoms with Crippen LogP contribution in [0.15, 0.2) is 18.2 Å². The largest absolute Gasteiger partial charge is 0.401 e. The summed E-state index contributed by atoms with van der Waals surface area (Å²) >= 11 is 0. The first kappa shape index (κ1) is 14.7. The lowest BCUT2D eigenvalue weighted by molar-refractivity contribution is -0.387. The zero-order chi connectivity index (χ0) is 14.9. The van der Waals surface area contributed by atoms with Crippen LogP contribution in [0.3, 0.4) is 0 Å². The van der Waals surface area contributed by atoms with E-state index in [1.165, 1.54) is 12.1 Å². The standard InChI is InChI=1S/C12H12F4N2O2/c13-11-8(2-1-3-10(11)18(19)20)6-17(9-4-5-9)7-12(14,15)16/h1-3,9H,4-7H2. The highest BCUT2D eigenvalue weighted by molar-refractivity contribution is 5.36. The molecular formula is C12H12F4N2O2. The second-order valence-electron chi connectivity index (χ2n) is 4.76. The van der Waals surface area contributed by atoms with E-state index in [-0.39, 0.29) is 18.2 Å². The van der Waals surface area contributed by atoms with E-state index in [9.17, 15) is 27.7 Å². The molecule has 20 heavy (non-hydrogen) atoms. The predicted molar refractivity (Wildman–Crippen MR) is 62.5 cm³/mol. The van der Waals surface area contributed by atoms with Crippen LogP contribution < -0.4 is 0 Å². The molecule has 0 aliphatic heterocycles. The number of nitrogens with zero attached hydrogens (tertiary/aromatic N) is 2. The molecule has 2 rings (SSSR count). The van der Waals surface area contributed by atoms with Gasteiger partial charge in [0.1, 0.15) is 0 Å². The van der Waals surface area contributed by atoms with E-state index in [0.29, 0.717) is 12.8 Å². The summed E-state index contributed by atoms with van der Waals surface area (Å²) in [6, 6.07) is 3.31. The van der Waals surface area contributed by atoms with Crippen molar-refractivity contribution in [3.63, 3.8) is 0 Å². The predicted octanol–water partition coefficient (Wildman–Crippen LogP) is 3.26. The van der Waals surface area contributed by atoms with E-state index < -0.39 is 29.1 Å². The van der Waals surface area contributed by atoms with E-state index in [2.05, 4.69) is 0 Å². The highest BCUT2D eigenvalue weighted by Crippen LogP contribution is 2.32. The number of benzene rings is 1. The van der Waals surface area contributed by atoms with Crippen LogP contribution in [-0.2, 0) is 6.54 Å². The number of halogens is 4. The van der Waals surface area contributed by atoms with Gasteiger partial charge in [0, 0.05) is 24.2 Å². The molecule has 0 aromatic heterocycles. The van der Waals surface area contributed by atoms with Crippen LogP contribution in [0, 0.1) is 15.9 Å². The molecule has 1 aromatic carbocycles. The van der Waals surface area contributed by atoms with Crippen molar-refractivity contribution in [1.29, 1.82) is 0 Å². The molecule has 0 atom stereocenters. The van der Waals surface area contributed by atoms with E-state index in [4.69, 9.17) is 0 Å². The third-order valence-corrected chi connectivity index (χ3v) is 3.07. The lowest BCUT2D eigenvalue weighted by atomic mass is 10.1. The Balaban J connectivity index is 2.18. The van der Waals surface area contributed by atoms with Crippen LogP contribution in [0.5, 0.6) is 0 Å². The minimum atomic E-state index is -4.38. The number of hydrogen-bond acceptors (Lipinski definition) is 3. The molecule has 4 nitrogen and oxygen atoms in total. The zero-order valence-corrected chi connectivity index (χ0v) is 10.4. The SMILES string of the molecule is O=[N+]([O-])c1cccc(CN(CC(F)(F)F)C2CC2)c1F. The minimum absolute atomic E-state index is 0.0876. The summed E-state index contributed by atoms with van der Waals surface area (Å²) in [7, 11) is 0. The van der Waals surface area contributed by atoms with Gasteiger partial charge in [-0.15, -0.1) is 0 Å². The monoisotopic (exact) mass is 292 g/mol. The summed E-state index contributed by atoms with van der Waals surface area (Å²) in [6.07, 6.45) is -3.11. The second kappa shape index (κ2) is 5.35. The maximum absolute atomic E-state index is 13.9. The molecule has 0 saturated heterocycles. The fourth-order valence-corrected chi connectivity index (χ4v) is 2.03. The highest BCUT2D eigenvalue weighted by atomic mass is 19.4. The molecule has 8 heteroatoms. The average Bonchev–Trinajstić information content (AvgIpc) is 3.12. The molecule has 0 bridgehead atoms. The van der Waals surface area contributed by atoms with Crippen molar-refractivity contribution < 1.29 is 22.5 Å². The van der Waals surface area contributed by atoms with E-state index in [1.807, 2.05) is 0 Å².